The van der Waals surface area contributed by atoms with Gasteiger partial charge >= 0.3 is 0 Å². The SMILES string of the molecule is N[C@@H](S)c1[nH]c2ccccc2c1CCC(=O)N/N=C/c1ccc(Cl)cc1. The molecule has 0 aliphatic carbocycles. The molecule has 5 nitrogen and oxygen atoms in total. The summed E-state index contributed by atoms with van der Waals surface area (Å²) in [4.78, 5) is 15.4. The fourth-order valence-corrected chi connectivity index (χ4v) is 3.11. The number of hydrogen-bond donors (Lipinski definition) is 4. The van der Waals surface area contributed by atoms with Gasteiger partial charge in [0.05, 0.1) is 11.6 Å². The van der Waals surface area contributed by atoms with Crippen molar-refractivity contribution in [2.45, 2.75) is 18.2 Å². The molecule has 3 rings (SSSR count). The van der Waals surface area contributed by atoms with Crippen LogP contribution in [0.2, 0.25) is 5.02 Å². The maximum atomic E-state index is 12.1. The van der Waals surface area contributed by atoms with E-state index in [-0.39, 0.29) is 5.91 Å². The van der Waals surface area contributed by atoms with Gasteiger partial charge in [0.1, 0.15) is 0 Å². The molecule has 3 aromatic rings. The molecule has 7 heteroatoms. The smallest absolute Gasteiger partial charge is 0.240 e. The number of hydrogen-bond acceptors (Lipinski definition) is 4. The molecule has 134 valence electrons. The molecule has 4 N–H and O–H groups in total. The number of H-pyrrole nitrogens is 1. The molecule has 1 amide bonds. The van der Waals surface area contributed by atoms with E-state index in [4.69, 9.17) is 17.3 Å². The van der Waals surface area contributed by atoms with Crippen LogP contribution in [0.5, 0.6) is 0 Å². The molecule has 2 aromatic carbocycles. The third-order valence-electron chi connectivity index (χ3n) is 4.02. The van der Waals surface area contributed by atoms with Crippen LogP contribution in [0.1, 0.15) is 28.6 Å². The predicted molar refractivity (Wildman–Crippen MR) is 110 cm³/mol. The van der Waals surface area contributed by atoms with Crippen molar-refractivity contribution in [3.8, 4) is 0 Å². The van der Waals surface area contributed by atoms with Crippen molar-refractivity contribution >= 4 is 47.3 Å². The van der Waals surface area contributed by atoms with Gasteiger partial charge in [-0.15, -0.1) is 0 Å². The van der Waals surface area contributed by atoms with Crippen LogP contribution < -0.4 is 11.2 Å². The van der Waals surface area contributed by atoms with E-state index in [1.54, 1.807) is 18.3 Å². The number of benzene rings is 2. The van der Waals surface area contributed by atoms with Crippen LogP contribution in [0.4, 0.5) is 0 Å². The highest BCUT2D eigenvalue weighted by Gasteiger charge is 2.15. The second kappa shape index (κ2) is 8.40. The number of hydrazone groups is 1. The van der Waals surface area contributed by atoms with Crippen LogP contribution in [0.15, 0.2) is 53.6 Å². The Kier molecular flexibility index (Phi) is 5.98. The molecule has 1 aromatic heterocycles. The van der Waals surface area contributed by atoms with Crippen LogP contribution in [-0.2, 0) is 11.2 Å². The van der Waals surface area contributed by atoms with Gasteiger partial charge in [-0.3, -0.25) is 4.79 Å². The molecule has 0 aliphatic rings. The van der Waals surface area contributed by atoms with Crippen LogP contribution in [-0.4, -0.2) is 17.1 Å². The first-order valence-electron chi connectivity index (χ1n) is 8.15. The van der Waals surface area contributed by atoms with Crippen LogP contribution in [0.3, 0.4) is 0 Å². The predicted octanol–water partition coefficient (Wildman–Crippen LogP) is 3.79. The first-order valence-corrected chi connectivity index (χ1v) is 9.04. The van der Waals surface area contributed by atoms with Crippen molar-refractivity contribution < 1.29 is 4.79 Å². The number of aromatic nitrogens is 1. The number of thiol groups is 1. The molecule has 0 fully saturated rings. The number of para-hydroxylation sites is 1. The summed E-state index contributed by atoms with van der Waals surface area (Å²) in [5, 5.41) is 5.26. The molecule has 0 saturated carbocycles. The molecular formula is C19H19ClN4OS. The van der Waals surface area contributed by atoms with E-state index in [2.05, 4.69) is 28.1 Å². The van der Waals surface area contributed by atoms with E-state index in [0.29, 0.717) is 17.9 Å². The number of rotatable bonds is 6. The molecule has 0 saturated heterocycles. The monoisotopic (exact) mass is 386 g/mol. The third-order valence-corrected chi connectivity index (χ3v) is 4.53. The van der Waals surface area contributed by atoms with E-state index in [1.807, 2.05) is 36.4 Å². The van der Waals surface area contributed by atoms with Crippen molar-refractivity contribution in [3.05, 3.63) is 70.4 Å². The molecule has 0 bridgehead atoms. The molecule has 26 heavy (non-hydrogen) atoms. The number of amides is 1. The number of aryl methyl sites for hydroxylation is 1. The summed E-state index contributed by atoms with van der Waals surface area (Å²) in [5.41, 5.74) is 12.2. The van der Waals surface area contributed by atoms with Crippen LogP contribution >= 0.6 is 24.2 Å². The average Bonchev–Trinajstić information content (AvgIpc) is 3.01. The van der Waals surface area contributed by atoms with Gasteiger partial charge in [0.2, 0.25) is 5.91 Å². The number of carbonyl (C=O) groups is 1. The van der Waals surface area contributed by atoms with Gasteiger partial charge in [0, 0.05) is 28.0 Å². The van der Waals surface area contributed by atoms with Crippen molar-refractivity contribution in [3.63, 3.8) is 0 Å². The van der Waals surface area contributed by atoms with E-state index in [0.717, 1.165) is 27.7 Å². The van der Waals surface area contributed by atoms with Gasteiger partial charge in [-0.1, -0.05) is 41.9 Å². The normalized spacial score (nSPS) is 12.6. The Morgan fingerprint density at radius 2 is 2.00 bits per heavy atom. The quantitative estimate of drug-likeness (QED) is 0.225. The summed E-state index contributed by atoms with van der Waals surface area (Å²) < 4.78 is 0. The first kappa shape index (κ1) is 18.5. The van der Waals surface area contributed by atoms with E-state index < -0.39 is 5.37 Å². The molecule has 0 unspecified atom stereocenters. The second-order valence-electron chi connectivity index (χ2n) is 5.85. The Labute approximate surface area is 162 Å². The Morgan fingerprint density at radius 1 is 1.27 bits per heavy atom. The van der Waals surface area contributed by atoms with Crippen molar-refractivity contribution in [1.82, 2.24) is 10.4 Å². The van der Waals surface area contributed by atoms with Gasteiger partial charge in [-0.2, -0.15) is 17.7 Å². The van der Waals surface area contributed by atoms with Crippen molar-refractivity contribution in [2.75, 3.05) is 0 Å². The number of aromatic amines is 1. The minimum Gasteiger partial charge on any atom is -0.356 e. The zero-order valence-electron chi connectivity index (χ0n) is 13.9. The highest BCUT2D eigenvalue weighted by atomic mass is 35.5. The Balaban J connectivity index is 1.63. The van der Waals surface area contributed by atoms with Gasteiger partial charge in [-0.25, -0.2) is 5.43 Å². The van der Waals surface area contributed by atoms with Crippen LogP contribution in [0, 0.1) is 0 Å². The summed E-state index contributed by atoms with van der Waals surface area (Å²) in [6.07, 6.45) is 2.43. The first-order chi connectivity index (χ1) is 12.5. The number of nitrogens with two attached hydrogens (primary N) is 1. The summed E-state index contributed by atoms with van der Waals surface area (Å²) in [5.74, 6) is -0.167. The van der Waals surface area contributed by atoms with Crippen LogP contribution in [0.25, 0.3) is 10.9 Å². The fourth-order valence-electron chi connectivity index (χ4n) is 2.76. The molecule has 0 spiro atoms. The van der Waals surface area contributed by atoms with Gasteiger partial charge in [-0.05, 0) is 35.7 Å². The maximum Gasteiger partial charge on any atom is 0.240 e. The van der Waals surface area contributed by atoms with E-state index in [1.165, 1.54) is 0 Å². The number of nitrogens with zero attached hydrogens (tertiary/aromatic N) is 1. The molecule has 1 atom stereocenters. The standard InChI is InChI=1S/C19H19ClN4OS/c20-13-7-5-12(6-8-13)11-22-24-17(25)10-9-15-14-3-1-2-4-16(14)23-18(15)19(21)26/h1-8,11,19,23,26H,9-10,21H2,(H,24,25)/b22-11+/t19-/m0/s1. The topological polar surface area (TPSA) is 83.3 Å². The lowest BCUT2D eigenvalue weighted by Crippen LogP contribution is -2.18. The third kappa shape index (κ3) is 4.46. The Hall–Kier alpha value is -2.28. The van der Waals surface area contributed by atoms with E-state index >= 15 is 0 Å². The molecular weight excluding hydrogens is 368 g/mol. The molecule has 0 radical (unpaired) electrons. The zero-order chi connectivity index (χ0) is 18.5. The number of carbonyl (C=O) groups excluding carboxylic acids is 1. The minimum atomic E-state index is -0.427. The van der Waals surface area contributed by atoms with Gasteiger partial charge in [0.25, 0.3) is 0 Å². The Morgan fingerprint density at radius 3 is 2.73 bits per heavy atom. The lowest BCUT2D eigenvalue weighted by Gasteiger charge is -2.07. The lowest BCUT2D eigenvalue weighted by molar-refractivity contribution is -0.121. The summed E-state index contributed by atoms with van der Waals surface area (Å²) in [6, 6.07) is 15.1. The van der Waals surface area contributed by atoms with Crippen molar-refractivity contribution in [2.24, 2.45) is 10.8 Å². The Bertz CT molecular complexity index is 934. The van der Waals surface area contributed by atoms with E-state index in [9.17, 15) is 4.79 Å². The zero-order valence-corrected chi connectivity index (χ0v) is 15.6. The number of fused-ring (bicyclic) bond motifs is 1. The summed E-state index contributed by atoms with van der Waals surface area (Å²) >= 11 is 10.2. The number of halogens is 1. The number of nitrogens with one attached hydrogen (secondary N) is 2. The average molecular weight is 387 g/mol. The summed E-state index contributed by atoms with van der Waals surface area (Å²) in [6.45, 7) is 0. The van der Waals surface area contributed by atoms with Crippen molar-refractivity contribution in [1.29, 1.82) is 0 Å². The van der Waals surface area contributed by atoms with Gasteiger partial charge < -0.3 is 10.7 Å². The lowest BCUT2D eigenvalue weighted by atomic mass is 10.1. The molecule has 1 heterocycles. The maximum absolute atomic E-state index is 12.1. The summed E-state index contributed by atoms with van der Waals surface area (Å²) in [7, 11) is 0. The van der Waals surface area contributed by atoms with Gasteiger partial charge in [0.15, 0.2) is 0 Å². The minimum absolute atomic E-state index is 0.167. The highest BCUT2D eigenvalue weighted by molar-refractivity contribution is 7.80. The molecule has 0 aliphatic heterocycles. The fraction of sp³-hybridized carbons (Fsp3) is 0.158. The second-order valence-corrected chi connectivity index (χ2v) is 6.85. The highest BCUT2D eigenvalue weighted by Crippen LogP contribution is 2.28. The largest absolute Gasteiger partial charge is 0.356 e.